The van der Waals surface area contributed by atoms with Crippen LogP contribution in [0.2, 0.25) is 0 Å². The van der Waals surface area contributed by atoms with Gasteiger partial charge in [0.05, 0.1) is 10.5 Å². The highest BCUT2D eigenvalue weighted by Gasteiger charge is 2.36. The van der Waals surface area contributed by atoms with Gasteiger partial charge in [-0.25, -0.2) is 18.5 Å². The molecule has 2 aromatic rings. The zero-order valence-corrected chi connectivity index (χ0v) is 17.3. The van der Waals surface area contributed by atoms with E-state index < -0.39 is 26.7 Å². The van der Waals surface area contributed by atoms with Crippen LogP contribution in [0.1, 0.15) is 43.7 Å². The third kappa shape index (κ3) is 5.85. The Morgan fingerprint density at radius 1 is 1.17 bits per heavy atom. The Kier molecular flexibility index (Phi) is 6.56. The van der Waals surface area contributed by atoms with E-state index in [0.717, 1.165) is 43.4 Å². The average molecular weight is 443 g/mol. The second kappa shape index (κ2) is 8.81. The highest BCUT2D eigenvalue weighted by atomic mass is 32.2. The standard InChI is InChI=1S/C20H24F3N3O3S/c1-13-2-5-16(6-3-13)29-19-10-14(8-9-25-19)12-26-15-4-7-18(30(24,27)28)17(11-15)20(21,22)23/h4,7-11,13,16,26H,2-3,5-6,12H2,1H3,(H2,24,27,28). The van der Waals surface area contributed by atoms with E-state index in [1.54, 1.807) is 18.3 Å². The summed E-state index contributed by atoms with van der Waals surface area (Å²) in [6.07, 6.45) is 1.03. The molecular weight excluding hydrogens is 419 g/mol. The van der Waals surface area contributed by atoms with Crippen LogP contribution >= 0.6 is 0 Å². The molecule has 1 heterocycles. The Morgan fingerprint density at radius 2 is 1.87 bits per heavy atom. The van der Waals surface area contributed by atoms with Crippen LogP contribution in [0, 0.1) is 5.92 Å². The average Bonchev–Trinajstić information content (AvgIpc) is 2.67. The lowest BCUT2D eigenvalue weighted by Gasteiger charge is -2.26. The zero-order chi connectivity index (χ0) is 21.9. The van der Waals surface area contributed by atoms with Gasteiger partial charge in [0.1, 0.15) is 6.10 Å². The van der Waals surface area contributed by atoms with Crippen LogP contribution in [0.5, 0.6) is 5.88 Å². The van der Waals surface area contributed by atoms with E-state index in [4.69, 9.17) is 9.88 Å². The van der Waals surface area contributed by atoms with Gasteiger partial charge >= 0.3 is 6.18 Å². The summed E-state index contributed by atoms with van der Waals surface area (Å²) >= 11 is 0. The van der Waals surface area contributed by atoms with Gasteiger partial charge in [0, 0.05) is 24.5 Å². The fourth-order valence-corrected chi connectivity index (χ4v) is 4.20. The van der Waals surface area contributed by atoms with Crippen LogP contribution in [0.25, 0.3) is 0 Å². The van der Waals surface area contributed by atoms with Gasteiger partial charge in [-0.2, -0.15) is 13.2 Å². The molecule has 0 spiro atoms. The molecule has 164 valence electrons. The SMILES string of the molecule is CC1CCC(Oc2cc(CNc3ccc(S(N)(=O)=O)c(C(F)(F)F)c3)ccn2)CC1. The number of nitrogens with zero attached hydrogens (tertiary/aromatic N) is 1. The lowest BCUT2D eigenvalue weighted by atomic mass is 9.89. The third-order valence-corrected chi connectivity index (χ3v) is 6.11. The molecular formula is C20H24F3N3O3S. The molecule has 1 aromatic heterocycles. The van der Waals surface area contributed by atoms with Crippen molar-refractivity contribution in [3.63, 3.8) is 0 Å². The highest BCUT2D eigenvalue weighted by Crippen LogP contribution is 2.35. The largest absolute Gasteiger partial charge is 0.474 e. The topological polar surface area (TPSA) is 94.3 Å². The van der Waals surface area contributed by atoms with Crippen LogP contribution < -0.4 is 15.2 Å². The Labute approximate surface area is 173 Å². The summed E-state index contributed by atoms with van der Waals surface area (Å²) in [5, 5.41) is 7.77. The van der Waals surface area contributed by atoms with Crippen LogP contribution in [-0.2, 0) is 22.7 Å². The molecule has 0 aliphatic heterocycles. The van der Waals surface area contributed by atoms with Crippen LogP contribution in [0.4, 0.5) is 18.9 Å². The molecule has 0 saturated heterocycles. The fourth-order valence-electron chi connectivity index (χ4n) is 3.46. The van der Waals surface area contributed by atoms with Gasteiger partial charge < -0.3 is 10.1 Å². The third-order valence-electron chi connectivity index (χ3n) is 5.14. The predicted molar refractivity (Wildman–Crippen MR) is 106 cm³/mol. The molecule has 6 nitrogen and oxygen atoms in total. The van der Waals surface area contributed by atoms with Crippen molar-refractivity contribution in [2.45, 2.75) is 56.3 Å². The molecule has 1 fully saturated rings. The summed E-state index contributed by atoms with van der Waals surface area (Å²) in [4.78, 5) is 3.26. The van der Waals surface area contributed by atoms with E-state index >= 15 is 0 Å². The van der Waals surface area contributed by atoms with Gasteiger partial charge in [-0.3, -0.25) is 0 Å². The molecule has 3 rings (SSSR count). The van der Waals surface area contributed by atoms with Crippen molar-refractivity contribution in [2.24, 2.45) is 11.1 Å². The van der Waals surface area contributed by atoms with Crippen molar-refractivity contribution in [1.29, 1.82) is 0 Å². The Morgan fingerprint density at radius 3 is 2.50 bits per heavy atom. The molecule has 3 N–H and O–H groups in total. The van der Waals surface area contributed by atoms with E-state index in [-0.39, 0.29) is 18.3 Å². The minimum Gasteiger partial charge on any atom is -0.474 e. The second-order valence-corrected chi connectivity index (χ2v) is 9.14. The number of aromatic nitrogens is 1. The van der Waals surface area contributed by atoms with Crippen molar-refractivity contribution in [2.75, 3.05) is 5.32 Å². The van der Waals surface area contributed by atoms with Gasteiger partial charge in [0.25, 0.3) is 0 Å². The summed E-state index contributed by atoms with van der Waals surface area (Å²) in [6.45, 7) is 2.44. The quantitative estimate of drug-likeness (QED) is 0.694. The van der Waals surface area contributed by atoms with E-state index in [2.05, 4.69) is 17.2 Å². The van der Waals surface area contributed by atoms with Crippen molar-refractivity contribution < 1.29 is 26.3 Å². The normalized spacial score (nSPS) is 20.0. The molecule has 0 unspecified atom stereocenters. The molecule has 1 aromatic carbocycles. The van der Waals surface area contributed by atoms with Crippen molar-refractivity contribution >= 4 is 15.7 Å². The number of hydrogen-bond donors (Lipinski definition) is 2. The number of hydrogen-bond acceptors (Lipinski definition) is 5. The lowest BCUT2D eigenvalue weighted by molar-refractivity contribution is -0.139. The van der Waals surface area contributed by atoms with E-state index in [1.807, 2.05) is 0 Å². The predicted octanol–water partition coefficient (Wildman–Crippen LogP) is 4.32. The van der Waals surface area contributed by atoms with Gasteiger partial charge in [-0.15, -0.1) is 0 Å². The molecule has 1 aliphatic rings. The first kappa shape index (κ1) is 22.4. The molecule has 10 heteroatoms. The van der Waals surface area contributed by atoms with Gasteiger partial charge in [0.15, 0.2) is 0 Å². The number of halogens is 3. The summed E-state index contributed by atoms with van der Waals surface area (Å²) in [7, 11) is -4.50. The van der Waals surface area contributed by atoms with Crippen molar-refractivity contribution in [3.05, 3.63) is 47.7 Å². The van der Waals surface area contributed by atoms with Crippen LogP contribution in [0.3, 0.4) is 0 Å². The Balaban J connectivity index is 1.70. The number of ether oxygens (including phenoxy) is 1. The summed E-state index contributed by atoms with van der Waals surface area (Å²) < 4.78 is 68.6. The first-order valence-corrected chi connectivity index (χ1v) is 11.2. The van der Waals surface area contributed by atoms with Crippen molar-refractivity contribution in [3.8, 4) is 5.88 Å². The number of alkyl halides is 3. The molecule has 0 bridgehead atoms. The zero-order valence-electron chi connectivity index (χ0n) is 16.4. The van der Waals surface area contributed by atoms with E-state index in [9.17, 15) is 21.6 Å². The minimum absolute atomic E-state index is 0.121. The molecule has 0 radical (unpaired) electrons. The second-order valence-electron chi connectivity index (χ2n) is 7.61. The van der Waals surface area contributed by atoms with Crippen LogP contribution in [-0.4, -0.2) is 19.5 Å². The monoisotopic (exact) mass is 443 g/mol. The maximum absolute atomic E-state index is 13.2. The van der Waals surface area contributed by atoms with E-state index in [0.29, 0.717) is 11.8 Å². The number of anilines is 1. The maximum atomic E-state index is 13.2. The first-order valence-electron chi connectivity index (χ1n) is 9.62. The lowest BCUT2D eigenvalue weighted by Crippen LogP contribution is -2.23. The molecule has 1 aliphatic carbocycles. The smallest absolute Gasteiger partial charge is 0.417 e. The number of sulfonamides is 1. The molecule has 1 saturated carbocycles. The minimum atomic E-state index is -4.85. The molecule has 0 atom stereocenters. The summed E-state index contributed by atoms with van der Waals surface area (Å²) in [6, 6.07) is 6.31. The number of pyridine rings is 1. The number of primary sulfonamides is 1. The fraction of sp³-hybridized carbons (Fsp3) is 0.450. The van der Waals surface area contributed by atoms with Gasteiger partial charge in [0.2, 0.25) is 15.9 Å². The van der Waals surface area contributed by atoms with Gasteiger partial charge in [-0.1, -0.05) is 6.92 Å². The number of nitrogens with one attached hydrogen (secondary N) is 1. The van der Waals surface area contributed by atoms with E-state index in [1.165, 1.54) is 6.07 Å². The first-order chi connectivity index (χ1) is 14.0. The Hall–Kier alpha value is -2.33. The van der Waals surface area contributed by atoms with Gasteiger partial charge in [-0.05, 0) is 61.4 Å². The molecule has 0 amide bonds. The number of benzene rings is 1. The maximum Gasteiger partial charge on any atom is 0.417 e. The van der Waals surface area contributed by atoms with Crippen molar-refractivity contribution in [1.82, 2.24) is 4.98 Å². The highest BCUT2D eigenvalue weighted by molar-refractivity contribution is 7.89. The number of rotatable bonds is 6. The summed E-state index contributed by atoms with van der Waals surface area (Å²) in [5.74, 6) is 1.19. The Bertz CT molecular complexity index is 988. The molecule has 30 heavy (non-hydrogen) atoms. The number of nitrogens with two attached hydrogens (primary N) is 1. The summed E-state index contributed by atoms with van der Waals surface area (Å²) in [5.41, 5.74) is -0.413. The van der Waals surface area contributed by atoms with Crippen LogP contribution in [0.15, 0.2) is 41.4 Å².